The molecule has 5 nitrogen and oxygen atoms in total. The summed E-state index contributed by atoms with van der Waals surface area (Å²) in [6.07, 6.45) is 3.45. The molecule has 0 bridgehead atoms. The molecular formula is C16H21BrN2O3. The number of nitrogens with one attached hydrogen (secondary N) is 2. The summed E-state index contributed by atoms with van der Waals surface area (Å²) in [4.78, 5) is 23.8. The number of hydrogen-bond donors (Lipinski definition) is 2. The lowest BCUT2D eigenvalue weighted by atomic mass is 10.2. The van der Waals surface area contributed by atoms with Crippen molar-refractivity contribution in [2.24, 2.45) is 0 Å². The van der Waals surface area contributed by atoms with Crippen molar-refractivity contribution in [3.05, 3.63) is 28.2 Å². The maximum atomic E-state index is 12.0. The van der Waals surface area contributed by atoms with Crippen LogP contribution in [0.2, 0.25) is 0 Å². The van der Waals surface area contributed by atoms with Crippen LogP contribution in [0.3, 0.4) is 0 Å². The van der Waals surface area contributed by atoms with Gasteiger partial charge in [0.25, 0.3) is 5.91 Å². The Bertz CT molecular complexity index is 556. The molecule has 1 aromatic carbocycles. The number of amides is 3. The molecule has 22 heavy (non-hydrogen) atoms. The molecule has 0 heterocycles. The standard InChI is InChI=1S/C16H21BrN2O3/c1-10-7-8-14(13(17)9-10)22-11(2)15(20)19-16(21)18-12-5-3-4-6-12/h7-9,11-12H,3-6H2,1-2H3,(H2,18,19,20,21)/t11-/m1/s1. The monoisotopic (exact) mass is 368 g/mol. The van der Waals surface area contributed by atoms with Crippen LogP contribution in [0.4, 0.5) is 4.79 Å². The second-order valence-electron chi connectivity index (χ2n) is 5.64. The first-order chi connectivity index (χ1) is 10.5. The molecule has 0 spiro atoms. The predicted molar refractivity (Wildman–Crippen MR) is 87.9 cm³/mol. The van der Waals surface area contributed by atoms with Gasteiger partial charge in [0.2, 0.25) is 0 Å². The van der Waals surface area contributed by atoms with Gasteiger partial charge in [-0.1, -0.05) is 18.9 Å². The van der Waals surface area contributed by atoms with Crippen LogP contribution < -0.4 is 15.4 Å². The maximum Gasteiger partial charge on any atom is 0.321 e. The minimum atomic E-state index is -0.756. The molecule has 1 atom stereocenters. The third-order valence-corrected chi connectivity index (χ3v) is 4.31. The number of urea groups is 1. The van der Waals surface area contributed by atoms with E-state index in [9.17, 15) is 9.59 Å². The van der Waals surface area contributed by atoms with Crippen molar-refractivity contribution >= 4 is 27.9 Å². The average molecular weight is 369 g/mol. The molecule has 1 saturated carbocycles. The molecular weight excluding hydrogens is 348 g/mol. The fourth-order valence-corrected chi connectivity index (χ4v) is 3.04. The molecule has 1 aliphatic carbocycles. The summed E-state index contributed by atoms with van der Waals surface area (Å²) in [5, 5.41) is 5.14. The van der Waals surface area contributed by atoms with Crippen molar-refractivity contribution in [3.8, 4) is 5.75 Å². The molecule has 0 aromatic heterocycles. The van der Waals surface area contributed by atoms with Gasteiger partial charge >= 0.3 is 6.03 Å². The molecule has 1 fully saturated rings. The number of benzene rings is 1. The van der Waals surface area contributed by atoms with Gasteiger partial charge in [0.05, 0.1) is 4.47 Å². The maximum absolute atomic E-state index is 12.0. The highest BCUT2D eigenvalue weighted by Gasteiger charge is 2.21. The molecule has 1 aromatic rings. The van der Waals surface area contributed by atoms with E-state index in [-0.39, 0.29) is 6.04 Å². The van der Waals surface area contributed by atoms with Gasteiger partial charge in [-0.25, -0.2) is 4.79 Å². The number of ether oxygens (including phenoxy) is 1. The van der Waals surface area contributed by atoms with Gasteiger partial charge < -0.3 is 10.1 Å². The first-order valence-corrected chi connectivity index (χ1v) is 8.29. The van der Waals surface area contributed by atoms with Crippen molar-refractivity contribution in [2.45, 2.75) is 51.7 Å². The SMILES string of the molecule is Cc1ccc(O[C@H](C)C(=O)NC(=O)NC2CCCC2)c(Br)c1. The van der Waals surface area contributed by atoms with Gasteiger partial charge in [-0.15, -0.1) is 0 Å². The molecule has 0 saturated heterocycles. The molecule has 0 unspecified atom stereocenters. The highest BCUT2D eigenvalue weighted by Crippen LogP contribution is 2.26. The lowest BCUT2D eigenvalue weighted by Crippen LogP contribution is -2.47. The predicted octanol–water partition coefficient (Wildman–Crippen LogP) is 3.29. The summed E-state index contributed by atoms with van der Waals surface area (Å²) in [5.74, 6) is 0.118. The van der Waals surface area contributed by atoms with Crippen molar-refractivity contribution in [2.75, 3.05) is 0 Å². The second kappa shape index (κ2) is 7.63. The van der Waals surface area contributed by atoms with E-state index in [4.69, 9.17) is 4.74 Å². The van der Waals surface area contributed by atoms with Crippen molar-refractivity contribution in [1.82, 2.24) is 10.6 Å². The average Bonchev–Trinajstić information content (AvgIpc) is 2.94. The lowest BCUT2D eigenvalue weighted by Gasteiger charge is -2.17. The highest BCUT2D eigenvalue weighted by molar-refractivity contribution is 9.10. The van der Waals surface area contributed by atoms with E-state index in [2.05, 4.69) is 26.6 Å². The van der Waals surface area contributed by atoms with Crippen molar-refractivity contribution in [3.63, 3.8) is 0 Å². The summed E-state index contributed by atoms with van der Waals surface area (Å²) >= 11 is 3.40. The van der Waals surface area contributed by atoms with E-state index < -0.39 is 18.0 Å². The number of rotatable bonds is 4. The van der Waals surface area contributed by atoms with Gasteiger partial charge in [0.1, 0.15) is 5.75 Å². The zero-order valence-corrected chi connectivity index (χ0v) is 14.4. The van der Waals surface area contributed by atoms with Crippen LogP contribution in [0.25, 0.3) is 0 Å². The smallest absolute Gasteiger partial charge is 0.321 e. The number of halogens is 1. The summed E-state index contributed by atoms with van der Waals surface area (Å²) in [7, 11) is 0. The highest BCUT2D eigenvalue weighted by atomic mass is 79.9. The Morgan fingerprint density at radius 1 is 1.32 bits per heavy atom. The molecule has 120 valence electrons. The normalized spacial score (nSPS) is 16.1. The Hall–Kier alpha value is -1.56. The number of hydrogen-bond acceptors (Lipinski definition) is 3. The quantitative estimate of drug-likeness (QED) is 0.856. The minimum absolute atomic E-state index is 0.176. The van der Waals surface area contributed by atoms with Gasteiger partial charge in [-0.2, -0.15) is 0 Å². The Balaban J connectivity index is 1.84. The Kier molecular flexibility index (Phi) is 5.83. The Morgan fingerprint density at radius 3 is 2.64 bits per heavy atom. The third kappa shape index (κ3) is 4.73. The van der Waals surface area contributed by atoms with Crippen molar-refractivity contribution in [1.29, 1.82) is 0 Å². The van der Waals surface area contributed by atoms with Crippen LogP contribution in [0.1, 0.15) is 38.2 Å². The van der Waals surface area contributed by atoms with Crippen LogP contribution in [0.5, 0.6) is 5.75 Å². The number of imide groups is 1. The van der Waals surface area contributed by atoms with E-state index in [1.54, 1.807) is 13.0 Å². The van der Waals surface area contributed by atoms with E-state index in [0.29, 0.717) is 5.75 Å². The van der Waals surface area contributed by atoms with Gasteiger partial charge in [0.15, 0.2) is 6.10 Å². The molecule has 6 heteroatoms. The second-order valence-corrected chi connectivity index (χ2v) is 6.49. The number of carbonyl (C=O) groups is 2. The van der Waals surface area contributed by atoms with Gasteiger partial charge in [-0.05, 0) is 60.3 Å². The number of aryl methyl sites for hydroxylation is 1. The molecule has 0 radical (unpaired) electrons. The molecule has 0 aliphatic heterocycles. The zero-order valence-electron chi connectivity index (χ0n) is 12.8. The summed E-state index contributed by atoms with van der Waals surface area (Å²) in [6, 6.07) is 5.33. The molecule has 1 aliphatic rings. The Morgan fingerprint density at radius 2 is 2.00 bits per heavy atom. The van der Waals surface area contributed by atoms with Crippen LogP contribution in [-0.2, 0) is 4.79 Å². The summed E-state index contributed by atoms with van der Waals surface area (Å²) in [5.41, 5.74) is 1.09. The summed E-state index contributed by atoms with van der Waals surface area (Å²) in [6.45, 7) is 3.59. The van der Waals surface area contributed by atoms with E-state index >= 15 is 0 Å². The molecule has 3 amide bonds. The van der Waals surface area contributed by atoms with E-state index in [1.807, 2.05) is 19.1 Å². The number of carbonyl (C=O) groups excluding carboxylic acids is 2. The molecule has 2 rings (SSSR count). The fourth-order valence-electron chi connectivity index (χ4n) is 2.45. The largest absolute Gasteiger partial charge is 0.480 e. The van der Waals surface area contributed by atoms with Crippen LogP contribution in [0, 0.1) is 6.92 Å². The first kappa shape index (κ1) is 16.8. The molecule has 2 N–H and O–H groups in total. The first-order valence-electron chi connectivity index (χ1n) is 7.50. The zero-order chi connectivity index (χ0) is 16.1. The Labute approximate surface area is 138 Å². The topological polar surface area (TPSA) is 67.4 Å². The van der Waals surface area contributed by atoms with Crippen LogP contribution in [0.15, 0.2) is 22.7 Å². The van der Waals surface area contributed by atoms with Crippen molar-refractivity contribution < 1.29 is 14.3 Å². The van der Waals surface area contributed by atoms with Crippen LogP contribution in [-0.4, -0.2) is 24.1 Å². The minimum Gasteiger partial charge on any atom is -0.480 e. The lowest BCUT2D eigenvalue weighted by molar-refractivity contribution is -0.126. The summed E-state index contributed by atoms with van der Waals surface area (Å²) < 4.78 is 6.37. The van der Waals surface area contributed by atoms with E-state index in [0.717, 1.165) is 35.7 Å². The van der Waals surface area contributed by atoms with Gasteiger partial charge in [0, 0.05) is 6.04 Å². The van der Waals surface area contributed by atoms with Crippen LogP contribution >= 0.6 is 15.9 Å². The van der Waals surface area contributed by atoms with E-state index in [1.165, 1.54) is 0 Å². The fraction of sp³-hybridized carbons (Fsp3) is 0.500. The third-order valence-electron chi connectivity index (χ3n) is 3.69. The van der Waals surface area contributed by atoms with Gasteiger partial charge in [-0.3, -0.25) is 10.1 Å².